The Morgan fingerprint density at radius 2 is 2.10 bits per heavy atom. The van der Waals surface area contributed by atoms with Gasteiger partial charge in [0.1, 0.15) is 18.2 Å². The highest BCUT2D eigenvalue weighted by Gasteiger charge is 2.15. The standard InChI is InChI=1S/C16H25FN2O2/c1-2-10-20-11-12-21-16-5-4-14(17)13-15(16)19-8-3-6-18-7-9-19/h4-5,13,18H,2-3,6-12H2,1H3. The highest BCUT2D eigenvalue weighted by molar-refractivity contribution is 5.58. The van der Waals surface area contributed by atoms with Crippen LogP contribution in [0.2, 0.25) is 0 Å². The maximum Gasteiger partial charge on any atom is 0.142 e. The van der Waals surface area contributed by atoms with E-state index in [1.54, 1.807) is 12.1 Å². The Labute approximate surface area is 126 Å². The summed E-state index contributed by atoms with van der Waals surface area (Å²) < 4.78 is 24.8. The molecule has 2 rings (SSSR count). The first-order valence-corrected chi connectivity index (χ1v) is 7.77. The fourth-order valence-corrected chi connectivity index (χ4v) is 2.40. The molecule has 1 aliphatic heterocycles. The molecule has 118 valence electrons. The third-order valence-electron chi connectivity index (χ3n) is 3.44. The molecule has 0 atom stereocenters. The summed E-state index contributed by atoms with van der Waals surface area (Å²) in [5.41, 5.74) is 0.842. The zero-order valence-corrected chi connectivity index (χ0v) is 12.7. The Morgan fingerprint density at radius 1 is 1.19 bits per heavy atom. The van der Waals surface area contributed by atoms with Crippen molar-refractivity contribution in [2.24, 2.45) is 0 Å². The SMILES string of the molecule is CCCOCCOc1ccc(F)cc1N1CCCNCC1. The number of nitrogens with one attached hydrogen (secondary N) is 1. The minimum atomic E-state index is -0.225. The summed E-state index contributed by atoms with van der Waals surface area (Å²) in [5.74, 6) is 0.509. The lowest BCUT2D eigenvalue weighted by Gasteiger charge is -2.25. The van der Waals surface area contributed by atoms with Crippen LogP contribution in [-0.4, -0.2) is 46.0 Å². The number of nitrogens with zero attached hydrogens (tertiary/aromatic N) is 1. The van der Waals surface area contributed by atoms with Gasteiger partial charge in [0.2, 0.25) is 0 Å². The predicted molar refractivity (Wildman–Crippen MR) is 82.7 cm³/mol. The molecule has 4 nitrogen and oxygen atoms in total. The van der Waals surface area contributed by atoms with Crippen LogP contribution < -0.4 is 15.0 Å². The Kier molecular flexibility index (Phi) is 6.76. The van der Waals surface area contributed by atoms with Gasteiger partial charge in [-0.1, -0.05) is 6.92 Å². The average molecular weight is 296 g/mol. The molecule has 1 aliphatic rings. The van der Waals surface area contributed by atoms with E-state index in [0.29, 0.717) is 13.2 Å². The maximum absolute atomic E-state index is 13.6. The van der Waals surface area contributed by atoms with Gasteiger partial charge in [-0.15, -0.1) is 0 Å². The highest BCUT2D eigenvalue weighted by atomic mass is 19.1. The predicted octanol–water partition coefficient (Wildman–Crippen LogP) is 2.43. The van der Waals surface area contributed by atoms with Crippen LogP contribution in [0.25, 0.3) is 0 Å². The Bertz CT molecular complexity index is 421. The van der Waals surface area contributed by atoms with Gasteiger partial charge in [-0.05, 0) is 31.5 Å². The van der Waals surface area contributed by atoms with E-state index >= 15 is 0 Å². The molecule has 0 saturated carbocycles. The second kappa shape index (κ2) is 8.85. The molecule has 21 heavy (non-hydrogen) atoms. The van der Waals surface area contributed by atoms with E-state index in [1.807, 2.05) is 0 Å². The molecule has 1 heterocycles. The Morgan fingerprint density at radius 3 is 2.95 bits per heavy atom. The number of ether oxygens (including phenoxy) is 2. The maximum atomic E-state index is 13.6. The monoisotopic (exact) mass is 296 g/mol. The smallest absolute Gasteiger partial charge is 0.142 e. The van der Waals surface area contributed by atoms with E-state index in [4.69, 9.17) is 9.47 Å². The minimum Gasteiger partial charge on any atom is -0.489 e. The van der Waals surface area contributed by atoms with Gasteiger partial charge in [0, 0.05) is 32.3 Å². The summed E-state index contributed by atoms with van der Waals surface area (Å²) in [6.45, 7) is 7.58. The van der Waals surface area contributed by atoms with E-state index in [-0.39, 0.29) is 5.82 Å². The molecule has 0 aromatic heterocycles. The lowest BCUT2D eigenvalue weighted by Crippen LogP contribution is -2.28. The van der Waals surface area contributed by atoms with Gasteiger partial charge < -0.3 is 19.7 Å². The Hall–Kier alpha value is -1.33. The summed E-state index contributed by atoms with van der Waals surface area (Å²) >= 11 is 0. The molecule has 1 fully saturated rings. The van der Waals surface area contributed by atoms with E-state index in [0.717, 1.165) is 57.1 Å². The van der Waals surface area contributed by atoms with Gasteiger partial charge in [-0.25, -0.2) is 4.39 Å². The van der Waals surface area contributed by atoms with Gasteiger partial charge in [-0.2, -0.15) is 0 Å². The summed E-state index contributed by atoms with van der Waals surface area (Å²) in [7, 11) is 0. The number of benzene rings is 1. The van der Waals surface area contributed by atoms with E-state index in [9.17, 15) is 4.39 Å². The van der Waals surface area contributed by atoms with Crippen molar-refractivity contribution < 1.29 is 13.9 Å². The highest BCUT2D eigenvalue weighted by Crippen LogP contribution is 2.29. The first-order valence-electron chi connectivity index (χ1n) is 7.77. The average Bonchev–Trinajstić information content (AvgIpc) is 2.77. The third kappa shape index (κ3) is 5.17. The number of anilines is 1. The van der Waals surface area contributed by atoms with Gasteiger partial charge >= 0.3 is 0 Å². The van der Waals surface area contributed by atoms with Gasteiger partial charge in [-0.3, -0.25) is 0 Å². The lowest BCUT2D eigenvalue weighted by atomic mass is 10.2. The molecule has 0 bridgehead atoms. The summed E-state index contributed by atoms with van der Waals surface area (Å²) in [6.07, 6.45) is 2.05. The first-order chi connectivity index (χ1) is 10.3. The largest absolute Gasteiger partial charge is 0.489 e. The molecule has 1 aromatic carbocycles. The molecule has 0 aliphatic carbocycles. The van der Waals surface area contributed by atoms with Crippen LogP contribution >= 0.6 is 0 Å². The molecule has 0 radical (unpaired) electrons. The molecule has 1 aromatic rings. The normalized spacial score (nSPS) is 15.8. The van der Waals surface area contributed by atoms with E-state index in [2.05, 4.69) is 17.1 Å². The van der Waals surface area contributed by atoms with Crippen LogP contribution in [0.5, 0.6) is 5.75 Å². The number of hydrogen-bond acceptors (Lipinski definition) is 4. The molecule has 0 spiro atoms. The minimum absolute atomic E-state index is 0.225. The molecular weight excluding hydrogens is 271 g/mol. The van der Waals surface area contributed by atoms with Crippen LogP contribution in [0.3, 0.4) is 0 Å². The van der Waals surface area contributed by atoms with Crippen molar-refractivity contribution in [3.05, 3.63) is 24.0 Å². The second-order valence-electron chi connectivity index (χ2n) is 5.16. The molecule has 0 unspecified atom stereocenters. The first kappa shape index (κ1) is 16.0. The number of halogens is 1. The van der Waals surface area contributed by atoms with Crippen molar-refractivity contribution in [3.63, 3.8) is 0 Å². The van der Waals surface area contributed by atoms with Crippen molar-refractivity contribution in [2.75, 3.05) is 50.9 Å². The third-order valence-corrected chi connectivity index (χ3v) is 3.44. The summed E-state index contributed by atoms with van der Waals surface area (Å²) in [5, 5.41) is 3.35. The zero-order valence-electron chi connectivity index (χ0n) is 12.7. The topological polar surface area (TPSA) is 33.7 Å². The van der Waals surface area contributed by atoms with Crippen molar-refractivity contribution in [1.29, 1.82) is 0 Å². The van der Waals surface area contributed by atoms with Gasteiger partial charge in [0.25, 0.3) is 0 Å². The van der Waals surface area contributed by atoms with E-state index in [1.165, 1.54) is 6.07 Å². The number of hydrogen-bond donors (Lipinski definition) is 1. The van der Waals surface area contributed by atoms with Crippen LogP contribution in [0.1, 0.15) is 19.8 Å². The van der Waals surface area contributed by atoms with Gasteiger partial charge in [0.05, 0.1) is 12.3 Å². The van der Waals surface area contributed by atoms with Crippen molar-refractivity contribution in [1.82, 2.24) is 5.32 Å². The van der Waals surface area contributed by atoms with E-state index < -0.39 is 0 Å². The van der Waals surface area contributed by atoms with Crippen LogP contribution in [0, 0.1) is 5.82 Å². The molecule has 5 heteroatoms. The molecule has 1 N–H and O–H groups in total. The fourth-order valence-electron chi connectivity index (χ4n) is 2.40. The molecule has 1 saturated heterocycles. The van der Waals surface area contributed by atoms with Crippen molar-refractivity contribution in [3.8, 4) is 5.75 Å². The molecule has 0 amide bonds. The van der Waals surface area contributed by atoms with Crippen molar-refractivity contribution in [2.45, 2.75) is 19.8 Å². The Balaban J connectivity index is 1.98. The fraction of sp³-hybridized carbons (Fsp3) is 0.625. The van der Waals surface area contributed by atoms with Crippen LogP contribution in [-0.2, 0) is 4.74 Å². The quantitative estimate of drug-likeness (QED) is 0.784. The second-order valence-corrected chi connectivity index (χ2v) is 5.16. The molecular formula is C16H25FN2O2. The van der Waals surface area contributed by atoms with Crippen molar-refractivity contribution >= 4 is 5.69 Å². The van der Waals surface area contributed by atoms with Crippen LogP contribution in [0.15, 0.2) is 18.2 Å². The van der Waals surface area contributed by atoms with Gasteiger partial charge in [0.15, 0.2) is 0 Å². The number of rotatable bonds is 7. The summed E-state index contributed by atoms with van der Waals surface area (Å²) in [4.78, 5) is 2.19. The lowest BCUT2D eigenvalue weighted by molar-refractivity contribution is 0.101. The summed E-state index contributed by atoms with van der Waals surface area (Å²) in [6, 6.07) is 4.72. The van der Waals surface area contributed by atoms with Crippen LogP contribution in [0.4, 0.5) is 10.1 Å². The zero-order chi connectivity index (χ0) is 14.9.